The Morgan fingerprint density at radius 2 is 2.04 bits per heavy atom. The highest BCUT2D eigenvalue weighted by Gasteiger charge is 2.26. The van der Waals surface area contributed by atoms with E-state index in [0.29, 0.717) is 24.8 Å². The molecule has 0 aliphatic carbocycles. The van der Waals surface area contributed by atoms with E-state index in [4.69, 9.17) is 4.42 Å². The lowest BCUT2D eigenvalue weighted by molar-refractivity contribution is 0.0428. The van der Waals surface area contributed by atoms with Gasteiger partial charge in [-0.3, -0.25) is 0 Å². The van der Waals surface area contributed by atoms with E-state index in [9.17, 15) is 5.11 Å². The van der Waals surface area contributed by atoms with Gasteiger partial charge in [0, 0.05) is 19.6 Å². The quantitative estimate of drug-likeness (QED) is 0.263. The van der Waals surface area contributed by atoms with Gasteiger partial charge in [-0.2, -0.15) is 0 Å². The average Bonchev–Trinajstić information content (AvgIpc) is 3.29. The van der Waals surface area contributed by atoms with Crippen molar-refractivity contribution in [2.24, 2.45) is 4.99 Å². The number of para-hydroxylation sites is 1. The number of nitrogens with zero attached hydrogens (tertiary/aromatic N) is 2. The molecule has 0 aliphatic heterocycles. The van der Waals surface area contributed by atoms with Crippen LogP contribution in [0.4, 0.5) is 5.13 Å². The number of anilines is 1. The zero-order valence-corrected chi connectivity index (χ0v) is 17.3. The molecule has 1 atom stereocenters. The molecule has 1 aromatic carbocycles. The number of benzene rings is 1. The van der Waals surface area contributed by atoms with E-state index in [0.717, 1.165) is 23.0 Å². The summed E-state index contributed by atoms with van der Waals surface area (Å²) in [6, 6.07) is 11.7. The highest BCUT2D eigenvalue weighted by molar-refractivity contribution is 7.22. The van der Waals surface area contributed by atoms with Crippen molar-refractivity contribution in [3.8, 4) is 0 Å². The smallest absolute Gasteiger partial charge is 0.191 e. The molecule has 0 aliphatic rings. The van der Waals surface area contributed by atoms with Crippen LogP contribution < -0.4 is 16.0 Å². The maximum absolute atomic E-state index is 10.6. The Bertz CT molecular complexity index is 898. The second-order valence-electron chi connectivity index (χ2n) is 6.72. The third-order valence-corrected chi connectivity index (χ3v) is 5.14. The summed E-state index contributed by atoms with van der Waals surface area (Å²) in [7, 11) is 0. The molecule has 0 amide bonds. The first-order valence-electron chi connectivity index (χ1n) is 9.39. The minimum absolute atomic E-state index is 0.195. The lowest BCUT2D eigenvalue weighted by Crippen LogP contribution is -2.40. The molecular weight excluding hydrogens is 374 g/mol. The van der Waals surface area contributed by atoms with E-state index in [1.807, 2.05) is 38.1 Å². The number of nitrogens with one attached hydrogen (secondary N) is 3. The highest BCUT2D eigenvalue weighted by atomic mass is 32.1. The molecule has 3 rings (SSSR count). The maximum Gasteiger partial charge on any atom is 0.191 e. The molecule has 7 nitrogen and oxygen atoms in total. The van der Waals surface area contributed by atoms with Crippen LogP contribution in [0.15, 0.2) is 45.8 Å². The first-order chi connectivity index (χ1) is 13.5. The molecule has 150 valence electrons. The second kappa shape index (κ2) is 9.07. The number of aliphatic imine (C=N–C) groups is 1. The summed E-state index contributed by atoms with van der Waals surface area (Å²) in [5.74, 6) is 1.93. The van der Waals surface area contributed by atoms with Gasteiger partial charge < -0.3 is 25.5 Å². The summed E-state index contributed by atoms with van der Waals surface area (Å²) in [6.45, 7) is 7.87. The number of fused-ring (bicyclic) bond motifs is 1. The van der Waals surface area contributed by atoms with Crippen molar-refractivity contribution >= 4 is 32.6 Å². The number of hydrogen-bond acceptors (Lipinski definition) is 6. The van der Waals surface area contributed by atoms with E-state index in [1.54, 1.807) is 24.3 Å². The fourth-order valence-electron chi connectivity index (χ4n) is 2.67. The van der Waals surface area contributed by atoms with Gasteiger partial charge in [0.15, 0.2) is 11.1 Å². The zero-order chi connectivity index (χ0) is 20.0. The van der Waals surface area contributed by atoms with Crippen LogP contribution in [0, 0.1) is 6.92 Å². The SMILES string of the molecule is CCNC(=NCC(C)(O)c1ccc(C)o1)NCCNc1nc2ccccc2s1. The van der Waals surface area contributed by atoms with Crippen molar-refractivity contribution in [3.63, 3.8) is 0 Å². The number of aliphatic hydroxyl groups is 1. The van der Waals surface area contributed by atoms with Gasteiger partial charge in [0.05, 0.1) is 16.8 Å². The molecule has 0 saturated heterocycles. The Kier molecular flexibility index (Phi) is 6.53. The van der Waals surface area contributed by atoms with E-state index in [1.165, 1.54) is 4.70 Å². The summed E-state index contributed by atoms with van der Waals surface area (Å²) in [5, 5.41) is 21.3. The topological polar surface area (TPSA) is 94.7 Å². The third-order valence-electron chi connectivity index (χ3n) is 4.15. The Morgan fingerprint density at radius 1 is 1.21 bits per heavy atom. The zero-order valence-electron chi connectivity index (χ0n) is 16.5. The molecule has 2 heterocycles. The van der Waals surface area contributed by atoms with Crippen LogP contribution >= 0.6 is 11.3 Å². The third kappa shape index (κ3) is 5.24. The van der Waals surface area contributed by atoms with Crippen molar-refractivity contribution in [1.29, 1.82) is 0 Å². The number of aryl methyl sites for hydroxylation is 1. The predicted molar refractivity (Wildman–Crippen MR) is 115 cm³/mol. The summed E-state index contributed by atoms with van der Waals surface area (Å²) in [4.78, 5) is 9.05. The van der Waals surface area contributed by atoms with Crippen LogP contribution in [0.25, 0.3) is 10.2 Å². The van der Waals surface area contributed by atoms with Gasteiger partial charge >= 0.3 is 0 Å². The first kappa shape index (κ1) is 20.2. The largest absolute Gasteiger partial charge is 0.463 e. The lowest BCUT2D eigenvalue weighted by atomic mass is 10.0. The molecule has 2 aromatic heterocycles. The van der Waals surface area contributed by atoms with Gasteiger partial charge in [0.25, 0.3) is 0 Å². The van der Waals surface area contributed by atoms with Gasteiger partial charge in [-0.15, -0.1) is 0 Å². The van der Waals surface area contributed by atoms with E-state index < -0.39 is 5.60 Å². The molecule has 1 unspecified atom stereocenters. The standard InChI is InChI=1S/C20H27N5O2S/c1-4-21-18(24-13-20(3,26)17-10-9-14(2)27-17)22-11-12-23-19-25-15-7-5-6-8-16(15)28-19/h5-10,26H,4,11-13H2,1-3H3,(H,23,25)(H2,21,22,24). The van der Waals surface area contributed by atoms with Gasteiger partial charge in [0.1, 0.15) is 17.1 Å². The van der Waals surface area contributed by atoms with Gasteiger partial charge in [0.2, 0.25) is 0 Å². The molecule has 3 aromatic rings. The van der Waals surface area contributed by atoms with Crippen molar-refractivity contribution in [2.75, 3.05) is 31.5 Å². The van der Waals surface area contributed by atoms with Crippen molar-refractivity contribution < 1.29 is 9.52 Å². The normalized spacial score (nSPS) is 14.1. The van der Waals surface area contributed by atoms with Crippen LogP contribution in [-0.4, -0.2) is 42.2 Å². The summed E-state index contributed by atoms with van der Waals surface area (Å²) in [6.07, 6.45) is 0. The van der Waals surface area contributed by atoms with Crippen LogP contribution in [0.5, 0.6) is 0 Å². The molecular formula is C20H27N5O2S. The van der Waals surface area contributed by atoms with E-state index in [2.05, 4.69) is 32.0 Å². The Hall–Kier alpha value is -2.58. The molecule has 0 fully saturated rings. The monoisotopic (exact) mass is 401 g/mol. The van der Waals surface area contributed by atoms with Crippen LogP contribution in [0.1, 0.15) is 25.4 Å². The number of hydrogen-bond donors (Lipinski definition) is 4. The van der Waals surface area contributed by atoms with Crippen molar-refractivity contribution in [1.82, 2.24) is 15.6 Å². The number of guanidine groups is 1. The first-order valence-corrected chi connectivity index (χ1v) is 10.2. The van der Waals surface area contributed by atoms with Crippen LogP contribution in [-0.2, 0) is 5.60 Å². The Labute approximate surface area is 168 Å². The number of thiazole rings is 1. The predicted octanol–water partition coefficient (Wildman–Crippen LogP) is 3.07. The number of furan rings is 1. The molecule has 8 heteroatoms. The van der Waals surface area contributed by atoms with Gasteiger partial charge in [-0.25, -0.2) is 9.98 Å². The number of rotatable bonds is 8. The molecule has 0 radical (unpaired) electrons. The summed E-state index contributed by atoms with van der Waals surface area (Å²) < 4.78 is 6.71. The Balaban J connectivity index is 1.51. The van der Waals surface area contributed by atoms with Crippen molar-refractivity contribution in [2.45, 2.75) is 26.4 Å². The maximum atomic E-state index is 10.6. The molecule has 4 N–H and O–H groups in total. The average molecular weight is 402 g/mol. The van der Waals surface area contributed by atoms with E-state index >= 15 is 0 Å². The van der Waals surface area contributed by atoms with Gasteiger partial charge in [-0.05, 0) is 45.0 Å². The fourth-order valence-corrected chi connectivity index (χ4v) is 3.57. The fraction of sp³-hybridized carbons (Fsp3) is 0.400. The van der Waals surface area contributed by atoms with Crippen LogP contribution in [0.3, 0.4) is 0 Å². The molecule has 0 spiro atoms. The van der Waals surface area contributed by atoms with Gasteiger partial charge in [-0.1, -0.05) is 23.5 Å². The molecule has 0 saturated carbocycles. The minimum atomic E-state index is -1.16. The lowest BCUT2D eigenvalue weighted by Gasteiger charge is -2.19. The Morgan fingerprint density at radius 3 is 2.75 bits per heavy atom. The number of aromatic nitrogens is 1. The highest BCUT2D eigenvalue weighted by Crippen LogP contribution is 2.25. The minimum Gasteiger partial charge on any atom is -0.463 e. The van der Waals surface area contributed by atoms with E-state index in [-0.39, 0.29) is 6.54 Å². The van der Waals surface area contributed by atoms with Crippen LogP contribution in [0.2, 0.25) is 0 Å². The summed E-state index contributed by atoms with van der Waals surface area (Å²) in [5.41, 5.74) is -0.149. The molecule has 28 heavy (non-hydrogen) atoms. The summed E-state index contributed by atoms with van der Waals surface area (Å²) >= 11 is 1.64. The second-order valence-corrected chi connectivity index (χ2v) is 7.75. The van der Waals surface area contributed by atoms with Crippen molar-refractivity contribution in [3.05, 3.63) is 47.9 Å². The molecule has 0 bridgehead atoms.